The maximum Gasteiger partial charge on any atom is 0.0678 e. The van der Waals surface area contributed by atoms with Crippen LogP contribution in [0.1, 0.15) is 41.0 Å². The minimum atomic E-state index is 0.422. The van der Waals surface area contributed by atoms with E-state index in [1.54, 1.807) is 0 Å². The Balaban J connectivity index is 0.000000671. The molecule has 80 valence electrons. The van der Waals surface area contributed by atoms with Crippen molar-refractivity contribution in [2.24, 2.45) is 0 Å². The first-order valence-electron chi connectivity index (χ1n) is 5.60. The van der Waals surface area contributed by atoms with Gasteiger partial charge in [-0.1, -0.05) is 20.8 Å². The standard InChI is InChI=1S/C9H19NO.C2H6/c1-4-5-10-6-8(2)11-9(3)7-10;1-2/h8-9H,4-7H2,1-3H3;1-2H3. The SMILES string of the molecule is CC.CCCN1CC(C)OC(C)C1. The molecule has 13 heavy (non-hydrogen) atoms. The summed E-state index contributed by atoms with van der Waals surface area (Å²) in [5, 5.41) is 0. The average molecular weight is 187 g/mol. The van der Waals surface area contributed by atoms with Gasteiger partial charge in [-0.25, -0.2) is 0 Å². The van der Waals surface area contributed by atoms with Crippen LogP contribution in [0.4, 0.5) is 0 Å². The lowest BCUT2D eigenvalue weighted by Gasteiger charge is -2.35. The summed E-state index contributed by atoms with van der Waals surface area (Å²) in [6, 6.07) is 0. The van der Waals surface area contributed by atoms with E-state index >= 15 is 0 Å². The van der Waals surface area contributed by atoms with Gasteiger partial charge in [-0.05, 0) is 26.8 Å². The predicted octanol–water partition coefficient (Wildman–Crippen LogP) is 2.53. The highest BCUT2D eigenvalue weighted by molar-refractivity contribution is 4.72. The lowest BCUT2D eigenvalue weighted by molar-refractivity contribution is -0.0677. The summed E-state index contributed by atoms with van der Waals surface area (Å²) in [6.07, 6.45) is 2.09. The Morgan fingerprint density at radius 2 is 1.62 bits per heavy atom. The highest BCUT2D eigenvalue weighted by Crippen LogP contribution is 2.10. The number of morpholine rings is 1. The van der Waals surface area contributed by atoms with Crippen LogP contribution in [0.15, 0.2) is 0 Å². The summed E-state index contributed by atoms with van der Waals surface area (Å²) in [5.41, 5.74) is 0. The van der Waals surface area contributed by atoms with Gasteiger partial charge in [0.15, 0.2) is 0 Å². The van der Waals surface area contributed by atoms with Gasteiger partial charge in [-0.15, -0.1) is 0 Å². The van der Waals surface area contributed by atoms with E-state index in [4.69, 9.17) is 4.74 Å². The molecule has 0 aromatic rings. The Kier molecular flexibility index (Phi) is 7.29. The van der Waals surface area contributed by atoms with Crippen LogP contribution >= 0.6 is 0 Å². The van der Waals surface area contributed by atoms with Crippen molar-refractivity contribution in [1.82, 2.24) is 4.90 Å². The molecule has 2 nitrogen and oxygen atoms in total. The maximum absolute atomic E-state index is 5.62. The first-order valence-corrected chi connectivity index (χ1v) is 5.60. The molecule has 0 amide bonds. The van der Waals surface area contributed by atoms with E-state index in [1.807, 2.05) is 13.8 Å². The quantitative estimate of drug-likeness (QED) is 0.658. The summed E-state index contributed by atoms with van der Waals surface area (Å²) in [6.45, 7) is 14.0. The number of rotatable bonds is 2. The van der Waals surface area contributed by atoms with Gasteiger partial charge >= 0.3 is 0 Å². The zero-order chi connectivity index (χ0) is 10.3. The molecule has 1 heterocycles. The first-order chi connectivity index (χ1) is 6.22. The highest BCUT2D eigenvalue weighted by Gasteiger charge is 2.20. The fraction of sp³-hybridized carbons (Fsp3) is 1.00. The van der Waals surface area contributed by atoms with Gasteiger partial charge < -0.3 is 4.74 Å². The topological polar surface area (TPSA) is 12.5 Å². The highest BCUT2D eigenvalue weighted by atomic mass is 16.5. The van der Waals surface area contributed by atoms with E-state index in [2.05, 4.69) is 25.7 Å². The molecule has 1 saturated heterocycles. The zero-order valence-corrected chi connectivity index (χ0v) is 9.84. The molecule has 1 aliphatic heterocycles. The van der Waals surface area contributed by atoms with Gasteiger partial charge in [0.1, 0.15) is 0 Å². The van der Waals surface area contributed by atoms with Crippen LogP contribution in [0, 0.1) is 0 Å². The van der Waals surface area contributed by atoms with E-state index in [-0.39, 0.29) is 0 Å². The molecule has 2 unspecified atom stereocenters. The molecule has 0 N–H and O–H groups in total. The third-order valence-electron chi connectivity index (χ3n) is 2.04. The molecule has 1 fully saturated rings. The molecule has 0 spiro atoms. The van der Waals surface area contributed by atoms with Crippen molar-refractivity contribution in [3.63, 3.8) is 0 Å². The summed E-state index contributed by atoms with van der Waals surface area (Å²) >= 11 is 0. The molecule has 0 saturated carbocycles. The lowest BCUT2D eigenvalue weighted by atomic mass is 10.2. The second-order valence-electron chi connectivity index (χ2n) is 3.52. The smallest absolute Gasteiger partial charge is 0.0678 e. The van der Waals surface area contributed by atoms with Gasteiger partial charge in [0.05, 0.1) is 12.2 Å². The minimum absolute atomic E-state index is 0.422. The van der Waals surface area contributed by atoms with Crippen LogP contribution < -0.4 is 0 Å². The maximum atomic E-state index is 5.62. The average Bonchev–Trinajstić information content (AvgIpc) is 2.06. The monoisotopic (exact) mass is 187 g/mol. The fourth-order valence-electron chi connectivity index (χ4n) is 1.78. The summed E-state index contributed by atoms with van der Waals surface area (Å²) in [4.78, 5) is 2.48. The van der Waals surface area contributed by atoms with E-state index in [0.29, 0.717) is 12.2 Å². The Morgan fingerprint density at radius 3 is 2.00 bits per heavy atom. The normalized spacial score (nSPS) is 29.3. The van der Waals surface area contributed by atoms with Crippen molar-refractivity contribution in [2.45, 2.75) is 53.2 Å². The van der Waals surface area contributed by atoms with Crippen LogP contribution in [-0.4, -0.2) is 36.7 Å². The molecule has 2 atom stereocenters. The van der Waals surface area contributed by atoms with Gasteiger partial charge in [0.25, 0.3) is 0 Å². The molecule has 1 rings (SSSR count). The van der Waals surface area contributed by atoms with Crippen molar-refractivity contribution >= 4 is 0 Å². The molecule has 1 aliphatic rings. The summed E-state index contributed by atoms with van der Waals surface area (Å²) in [7, 11) is 0. The predicted molar refractivity (Wildman–Crippen MR) is 58.1 cm³/mol. The second-order valence-corrected chi connectivity index (χ2v) is 3.52. The molecule has 0 aromatic carbocycles. The van der Waals surface area contributed by atoms with E-state index in [9.17, 15) is 0 Å². The van der Waals surface area contributed by atoms with E-state index < -0.39 is 0 Å². The van der Waals surface area contributed by atoms with E-state index in [0.717, 1.165) is 13.1 Å². The molecule has 0 aromatic heterocycles. The summed E-state index contributed by atoms with van der Waals surface area (Å²) < 4.78 is 5.62. The van der Waals surface area contributed by atoms with Crippen LogP contribution in [0.5, 0.6) is 0 Å². The van der Waals surface area contributed by atoms with Crippen LogP contribution in [0.2, 0.25) is 0 Å². The third-order valence-corrected chi connectivity index (χ3v) is 2.04. The van der Waals surface area contributed by atoms with Crippen LogP contribution in [0.25, 0.3) is 0 Å². The molecular formula is C11H25NO. The van der Waals surface area contributed by atoms with Gasteiger partial charge in [0, 0.05) is 13.1 Å². The minimum Gasteiger partial charge on any atom is -0.373 e. The number of hydrogen-bond acceptors (Lipinski definition) is 2. The van der Waals surface area contributed by atoms with Crippen molar-refractivity contribution in [3.05, 3.63) is 0 Å². The van der Waals surface area contributed by atoms with Crippen molar-refractivity contribution < 1.29 is 4.74 Å². The van der Waals surface area contributed by atoms with Crippen LogP contribution in [0.3, 0.4) is 0 Å². The molecule has 0 radical (unpaired) electrons. The Morgan fingerprint density at radius 1 is 1.15 bits per heavy atom. The Labute approximate surface area is 83.3 Å². The van der Waals surface area contributed by atoms with Crippen molar-refractivity contribution in [2.75, 3.05) is 19.6 Å². The number of nitrogens with zero attached hydrogens (tertiary/aromatic N) is 1. The summed E-state index contributed by atoms with van der Waals surface area (Å²) in [5.74, 6) is 0. The lowest BCUT2D eigenvalue weighted by Crippen LogP contribution is -2.45. The van der Waals surface area contributed by atoms with Gasteiger partial charge in [0.2, 0.25) is 0 Å². The van der Waals surface area contributed by atoms with Gasteiger partial charge in [-0.3, -0.25) is 4.90 Å². The molecule has 0 bridgehead atoms. The first kappa shape index (κ1) is 12.9. The van der Waals surface area contributed by atoms with Crippen molar-refractivity contribution in [3.8, 4) is 0 Å². The van der Waals surface area contributed by atoms with Crippen molar-refractivity contribution in [1.29, 1.82) is 0 Å². The molecule has 0 aliphatic carbocycles. The number of ether oxygens (including phenoxy) is 1. The molecule has 2 heteroatoms. The van der Waals surface area contributed by atoms with Crippen LogP contribution in [-0.2, 0) is 4.74 Å². The second kappa shape index (κ2) is 7.34. The third kappa shape index (κ3) is 5.27. The Bertz CT molecular complexity index is 107. The Hall–Kier alpha value is -0.0800. The molecular weight excluding hydrogens is 162 g/mol. The van der Waals surface area contributed by atoms with Gasteiger partial charge in [-0.2, -0.15) is 0 Å². The van der Waals surface area contributed by atoms with E-state index in [1.165, 1.54) is 13.0 Å². The fourth-order valence-corrected chi connectivity index (χ4v) is 1.78. The zero-order valence-electron chi connectivity index (χ0n) is 9.84. The number of hydrogen-bond donors (Lipinski definition) is 0. The largest absolute Gasteiger partial charge is 0.373 e.